The third-order valence-corrected chi connectivity index (χ3v) is 4.41. The van der Waals surface area contributed by atoms with Gasteiger partial charge in [-0.3, -0.25) is 0 Å². The third-order valence-electron chi connectivity index (χ3n) is 3.83. The predicted molar refractivity (Wildman–Crippen MR) is 106 cm³/mol. The SMILES string of the molecule is COc1cc(CNn2cnnc2-n2nc(C)cc2C)cc(Br)c1OC(C)C. The quantitative estimate of drug-likeness (QED) is 0.613. The molecule has 3 rings (SSSR count). The van der Waals surface area contributed by atoms with E-state index in [9.17, 15) is 0 Å². The van der Waals surface area contributed by atoms with Gasteiger partial charge in [0.15, 0.2) is 11.5 Å². The molecule has 2 aromatic heterocycles. The first-order chi connectivity index (χ1) is 12.9. The highest BCUT2D eigenvalue weighted by atomic mass is 79.9. The van der Waals surface area contributed by atoms with Gasteiger partial charge in [0, 0.05) is 5.69 Å². The third kappa shape index (κ3) is 4.24. The molecule has 0 bridgehead atoms. The van der Waals surface area contributed by atoms with Crippen LogP contribution in [0.4, 0.5) is 0 Å². The van der Waals surface area contributed by atoms with Crippen LogP contribution in [-0.4, -0.2) is 37.9 Å². The van der Waals surface area contributed by atoms with Crippen molar-refractivity contribution in [1.82, 2.24) is 24.7 Å². The second-order valence-electron chi connectivity index (χ2n) is 6.45. The lowest BCUT2D eigenvalue weighted by Gasteiger charge is -2.17. The van der Waals surface area contributed by atoms with E-state index in [-0.39, 0.29) is 6.10 Å². The Bertz CT molecular complexity index is 934. The number of methoxy groups -OCH3 is 1. The van der Waals surface area contributed by atoms with Crippen LogP contribution in [0.3, 0.4) is 0 Å². The highest BCUT2D eigenvalue weighted by Gasteiger charge is 2.14. The maximum Gasteiger partial charge on any atom is 0.270 e. The van der Waals surface area contributed by atoms with Crippen molar-refractivity contribution in [3.63, 3.8) is 0 Å². The summed E-state index contributed by atoms with van der Waals surface area (Å²) < 4.78 is 15.7. The number of rotatable bonds is 7. The number of hydrogen-bond donors (Lipinski definition) is 1. The van der Waals surface area contributed by atoms with E-state index in [0.717, 1.165) is 21.4 Å². The second kappa shape index (κ2) is 7.99. The molecule has 27 heavy (non-hydrogen) atoms. The Labute approximate surface area is 166 Å². The van der Waals surface area contributed by atoms with Gasteiger partial charge in [0.1, 0.15) is 6.33 Å². The first kappa shape index (κ1) is 19.2. The lowest BCUT2D eigenvalue weighted by atomic mass is 10.2. The molecule has 0 saturated heterocycles. The van der Waals surface area contributed by atoms with E-state index in [1.54, 1.807) is 22.8 Å². The van der Waals surface area contributed by atoms with E-state index in [4.69, 9.17) is 9.47 Å². The molecule has 0 unspecified atom stereocenters. The van der Waals surface area contributed by atoms with Crippen LogP contribution >= 0.6 is 15.9 Å². The maximum absolute atomic E-state index is 5.84. The molecule has 0 spiro atoms. The Morgan fingerprint density at radius 2 is 2.00 bits per heavy atom. The summed E-state index contributed by atoms with van der Waals surface area (Å²) in [5, 5.41) is 12.6. The normalized spacial score (nSPS) is 11.1. The molecule has 1 N–H and O–H groups in total. The van der Waals surface area contributed by atoms with Crippen LogP contribution in [0.25, 0.3) is 5.95 Å². The fourth-order valence-corrected chi connectivity index (χ4v) is 3.30. The molecule has 1 aromatic carbocycles. The zero-order valence-electron chi connectivity index (χ0n) is 16.0. The van der Waals surface area contributed by atoms with Crippen LogP contribution in [0.5, 0.6) is 11.5 Å². The second-order valence-corrected chi connectivity index (χ2v) is 7.30. The van der Waals surface area contributed by atoms with Gasteiger partial charge in [0.05, 0.1) is 29.9 Å². The molecule has 0 amide bonds. The van der Waals surface area contributed by atoms with E-state index in [1.165, 1.54) is 0 Å². The lowest BCUT2D eigenvalue weighted by molar-refractivity contribution is 0.228. The molecule has 0 atom stereocenters. The lowest BCUT2D eigenvalue weighted by Crippen LogP contribution is -2.19. The average Bonchev–Trinajstić information content (AvgIpc) is 3.20. The Hall–Kier alpha value is -2.55. The summed E-state index contributed by atoms with van der Waals surface area (Å²) in [6.45, 7) is 8.43. The minimum atomic E-state index is 0.0551. The Kier molecular flexibility index (Phi) is 5.69. The average molecular weight is 435 g/mol. The summed E-state index contributed by atoms with van der Waals surface area (Å²) >= 11 is 3.57. The van der Waals surface area contributed by atoms with Crippen LogP contribution in [0.15, 0.2) is 29.0 Å². The Balaban J connectivity index is 1.81. The number of aryl methyl sites for hydroxylation is 2. The van der Waals surface area contributed by atoms with E-state index in [1.807, 2.05) is 45.9 Å². The van der Waals surface area contributed by atoms with Crippen molar-refractivity contribution in [2.45, 2.75) is 40.3 Å². The van der Waals surface area contributed by atoms with Crippen LogP contribution in [0.1, 0.15) is 30.8 Å². The summed E-state index contributed by atoms with van der Waals surface area (Å²) in [6.07, 6.45) is 1.67. The first-order valence-corrected chi connectivity index (χ1v) is 9.39. The number of nitrogens with zero attached hydrogens (tertiary/aromatic N) is 5. The van der Waals surface area contributed by atoms with E-state index < -0.39 is 0 Å². The number of ether oxygens (including phenoxy) is 2. The highest BCUT2D eigenvalue weighted by Crippen LogP contribution is 2.37. The summed E-state index contributed by atoms with van der Waals surface area (Å²) in [4.78, 5) is 0. The molecule has 0 radical (unpaired) electrons. The molecule has 2 heterocycles. The number of benzene rings is 1. The molecule has 0 saturated carbocycles. The first-order valence-electron chi connectivity index (χ1n) is 8.59. The van der Waals surface area contributed by atoms with Gasteiger partial charge >= 0.3 is 0 Å². The van der Waals surface area contributed by atoms with Crippen LogP contribution < -0.4 is 14.9 Å². The molecule has 0 fully saturated rings. The van der Waals surface area contributed by atoms with Gasteiger partial charge in [0.2, 0.25) is 0 Å². The summed E-state index contributed by atoms with van der Waals surface area (Å²) in [7, 11) is 1.63. The van der Waals surface area contributed by atoms with E-state index in [2.05, 4.69) is 36.7 Å². The largest absolute Gasteiger partial charge is 0.493 e. The van der Waals surface area contributed by atoms with Gasteiger partial charge in [-0.15, -0.1) is 10.2 Å². The minimum absolute atomic E-state index is 0.0551. The maximum atomic E-state index is 5.84. The van der Waals surface area contributed by atoms with Gasteiger partial charge < -0.3 is 14.9 Å². The predicted octanol–water partition coefficient (Wildman–Crippen LogP) is 3.38. The van der Waals surface area contributed by atoms with Crippen molar-refractivity contribution in [3.8, 4) is 17.4 Å². The molecular formula is C18H23BrN6O2. The molecule has 0 aliphatic rings. The zero-order chi connectivity index (χ0) is 19.6. The minimum Gasteiger partial charge on any atom is -0.493 e. The summed E-state index contributed by atoms with van der Waals surface area (Å²) in [6, 6.07) is 5.94. The van der Waals surface area contributed by atoms with E-state index in [0.29, 0.717) is 24.0 Å². The van der Waals surface area contributed by atoms with Crippen LogP contribution in [0.2, 0.25) is 0 Å². The topological polar surface area (TPSA) is 79.0 Å². The molecule has 3 aromatic rings. The molecule has 0 aliphatic heterocycles. The van der Waals surface area contributed by atoms with Crippen molar-refractivity contribution in [1.29, 1.82) is 0 Å². The molecule has 9 heteroatoms. The number of aromatic nitrogens is 5. The van der Waals surface area contributed by atoms with Crippen molar-refractivity contribution in [3.05, 3.63) is 46.0 Å². The zero-order valence-corrected chi connectivity index (χ0v) is 17.6. The number of nitrogens with one attached hydrogen (secondary N) is 1. The Morgan fingerprint density at radius 3 is 2.63 bits per heavy atom. The van der Waals surface area contributed by atoms with Gasteiger partial charge in [-0.2, -0.15) is 5.10 Å². The molecule has 144 valence electrons. The summed E-state index contributed by atoms with van der Waals surface area (Å²) in [5.41, 5.74) is 6.23. The highest BCUT2D eigenvalue weighted by molar-refractivity contribution is 9.10. The molecule has 0 aliphatic carbocycles. The standard InChI is InChI=1S/C18H23BrN6O2/c1-11(2)27-17-15(19)7-14(8-16(17)26-5)9-21-24-10-20-22-18(24)25-13(4)6-12(3)23-25/h6-8,10-11,21H,9H2,1-5H3. The van der Waals surface area contributed by atoms with Crippen molar-refractivity contribution < 1.29 is 9.47 Å². The fraction of sp³-hybridized carbons (Fsp3) is 0.389. The van der Waals surface area contributed by atoms with Gasteiger partial charge in [0.25, 0.3) is 5.95 Å². The fourth-order valence-electron chi connectivity index (χ4n) is 2.72. The van der Waals surface area contributed by atoms with E-state index >= 15 is 0 Å². The van der Waals surface area contributed by atoms with Crippen LogP contribution in [0, 0.1) is 13.8 Å². The molecule has 8 nitrogen and oxygen atoms in total. The molecular weight excluding hydrogens is 412 g/mol. The Morgan fingerprint density at radius 1 is 1.22 bits per heavy atom. The monoisotopic (exact) mass is 434 g/mol. The number of halogens is 1. The smallest absolute Gasteiger partial charge is 0.270 e. The van der Waals surface area contributed by atoms with Gasteiger partial charge in [-0.1, -0.05) is 0 Å². The van der Waals surface area contributed by atoms with Crippen LogP contribution in [-0.2, 0) is 6.54 Å². The van der Waals surface area contributed by atoms with Crippen molar-refractivity contribution in [2.75, 3.05) is 12.5 Å². The number of hydrogen-bond acceptors (Lipinski definition) is 6. The van der Waals surface area contributed by atoms with Gasteiger partial charge in [-0.25, -0.2) is 9.36 Å². The van der Waals surface area contributed by atoms with Crippen molar-refractivity contribution in [2.24, 2.45) is 0 Å². The van der Waals surface area contributed by atoms with Crippen molar-refractivity contribution >= 4 is 15.9 Å². The van der Waals surface area contributed by atoms with Gasteiger partial charge in [-0.05, 0) is 67.4 Å². The summed E-state index contributed by atoms with van der Waals surface area (Å²) in [5.74, 6) is 1.98.